The summed E-state index contributed by atoms with van der Waals surface area (Å²) in [5.74, 6) is 1.07. The number of carbonyl (C=O) groups is 1. The Hall–Kier alpha value is -1.44. The Labute approximate surface area is 155 Å². The van der Waals surface area contributed by atoms with Gasteiger partial charge in [-0.3, -0.25) is 4.79 Å². The van der Waals surface area contributed by atoms with E-state index < -0.39 is 0 Å². The van der Waals surface area contributed by atoms with Gasteiger partial charge in [0.05, 0.1) is 12.7 Å². The minimum absolute atomic E-state index is 0.0337. The van der Waals surface area contributed by atoms with E-state index in [9.17, 15) is 4.79 Å². The van der Waals surface area contributed by atoms with Crippen LogP contribution in [0.2, 0.25) is 0 Å². The lowest BCUT2D eigenvalue weighted by molar-refractivity contribution is 0.0432. The summed E-state index contributed by atoms with van der Waals surface area (Å²) in [4.78, 5) is 21.5. The molecule has 7 nitrogen and oxygen atoms in total. The van der Waals surface area contributed by atoms with Gasteiger partial charge >= 0.3 is 0 Å². The predicted molar refractivity (Wildman–Crippen MR) is 97.2 cm³/mol. The number of aromatic nitrogens is 1. The fourth-order valence-corrected chi connectivity index (χ4v) is 3.86. The number of amides is 1. The van der Waals surface area contributed by atoms with E-state index >= 15 is 0 Å². The third kappa shape index (κ3) is 5.05. The fourth-order valence-electron chi connectivity index (χ4n) is 3.86. The molecule has 1 atom stereocenters. The number of carbonyl (C=O) groups excluding carboxylic acids is 1. The summed E-state index contributed by atoms with van der Waals surface area (Å²) >= 11 is 0. The van der Waals surface area contributed by atoms with Crippen molar-refractivity contribution in [1.82, 2.24) is 14.8 Å². The SMILES string of the molecule is COCCN1CCC(CN(C[C@@H]2CCCO2)C(=O)c2ncoc2C)CC1. The molecule has 0 radical (unpaired) electrons. The number of hydrogen-bond acceptors (Lipinski definition) is 6. The van der Waals surface area contributed by atoms with Crippen LogP contribution in [-0.4, -0.2) is 79.8 Å². The van der Waals surface area contributed by atoms with Crippen molar-refractivity contribution in [2.45, 2.75) is 38.7 Å². The summed E-state index contributed by atoms with van der Waals surface area (Å²) in [6.45, 7) is 7.90. The normalized spacial score (nSPS) is 22.0. The lowest BCUT2D eigenvalue weighted by Crippen LogP contribution is -2.44. The first kappa shape index (κ1) is 19.3. The Morgan fingerprint density at radius 1 is 1.35 bits per heavy atom. The quantitative estimate of drug-likeness (QED) is 0.702. The number of rotatable bonds is 8. The fraction of sp³-hybridized carbons (Fsp3) is 0.789. The van der Waals surface area contributed by atoms with Crippen LogP contribution in [0.5, 0.6) is 0 Å². The van der Waals surface area contributed by atoms with E-state index in [0.717, 1.165) is 65.1 Å². The highest BCUT2D eigenvalue weighted by Gasteiger charge is 2.29. The number of hydrogen-bond donors (Lipinski definition) is 0. The van der Waals surface area contributed by atoms with Crippen molar-refractivity contribution in [3.05, 3.63) is 17.8 Å². The van der Waals surface area contributed by atoms with Gasteiger partial charge in [0.1, 0.15) is 5.76 Å². The predicted octanol–water partition coefficient (Wildman–Crippen LogP) is 1.96. The van der Waals surface area contributed by atoms with Gasteiger partial charge in [0.2, 0.25) is 0 Å². The highest BCUT2D eigenvalue weighted by molar-refractivity contribution is 5.93. The molecule has 0 aromatic carbocycles. The van der Waals surface area contributed by atoms with E-state index in [4.69, 9.17) is 13.9 Å². The number of nitrogens with zero attached hydrogens (tertiary/aromatic N) is 3. The van der Waals surface area contributed by atoms with Gasteiger partial charge in [-0.25, -0.2) is 4.98 Å². The maximum atomic E-state index is 13.0. The molecule has 1 aromatic heterocycles. The van der Waals surface area contributed by atoms with Crippen LogP contribution in [0.3, 0.4) is 0 Å². The summed E-state index contributed by atoms with van der Waals surface area (Å²) in [6.07, 6.45) is 5.81. The van der Waals surface area contributed by atoms with Crippen molar-refractivity contribution >= 4 is 5.91 Å². The molecule has 2 aliphatic heterocycles. The zero-order chi connectivity index (χ0) is 18.4. The van der Waals surface area contributed by atoms with Crippen LogP contribution < -0.4 is 0 Å². The largest absolute Gasteiger partial charge is 0.448 e. The first-order valence-electron chi connectivity index (χ1n) is 9.69. The number of piperidine rings is 1. The minimum atomic E-state index is -0.0337. The maximum Gasteiger partial charge on any atom is 0.276 e. The zero-order valence-electron chi connectivity index (χ0n) is 16.0. The van der Waals surface area contributed by atoms with Crippen molar-refractivity contribution in [3.8, 4) is 0 Å². The number of methoxy groups -OCH3 is 1. The number of aryl methyl sites for hydroxylation is 1. The van der Waals surface area contributed by atoms with Crippen LogP contribution >= 0.6 is 0 Å². The Morgan fingerprint density at radius 3 is 2.77 bits per heavy atom. The second-order valence-corrected chi connectivity index (χ2v) is 7.38. The summed E-state index contributed by atoms with van der Waals surface area (Å²) < 4.78 is 16.2. The van der Waals surface area contributed by atoms with Crippen molar-refractivity contribution in [2.24, 2.45) is 5.92 Å². The Kier molecular flexibility index (Phi) is 7.05. The second-order valence-electron chi connectivity index (χ2n) is 7.38. The van der Waals surface area contributed by atoms with E-state index in [0.29, 0.717) is 23.9 Å². The van der Waals surface area contributed by atoms with Crippen LogP contribution in [0.25, 0.3) is 0 Å². The smallest absolute Gasteiger partial charge is 0.276 e. The standard InChI is InChI=1S/C19H31N3O4/c1-15-18(20-14-26-15)19(23)22(13-17-4-3-10-25-17)12-16-5-7-21(8-6-16)9-11-24-2/h14,16-17H,3-13H2,1-2H3/t17-/m0/s1. The van der Waals surface area contributed by atoms with Gasteiger partial charge in [-0.2, -0.15) is 0 Å². The lowest BCUT2D eigenvalue weighted by atomic mass is 9.95. The average Bonchev–Trinajstić information content (AvgIpc) is 3.31. The average molecular weight is 365 g/mol. The molecule has 3 rings (SSSR count). The number of oxazole rings is 1. The summed E-state index contributed by atoms with van der Waals surface area (Å²) in [6, 6.07) is 0. The molecular weight excluding hydrogens is 334 g/mol. The minimum Gasteiger partial charge on any atom is -0.448 e. The molecule has 2 aliphatic rings. The van der Waals surface area contributed by atoms with E-state index in [-0.39, 0.29) is 12.0 Å². The van der Waals surface area contributed by atoms with Gasteiger partial charge in [-0.1, -0.05) is 0 Å². The lowest BCUT2D eigenvalue weighted by Gasteiger charge is -2.35. The third-order valence-corrected chi connectivity index (χ3v) is 5.48. The Morgan fingerprint density at radius 2 is 2.15 bits per heavy atom. The van der Waals surface area contributed by atoms with Crippen molar-refractivity contribution in [1.29, 1.82) is 0 Å². The highest BCUT2D eigenvalue weighted by Crippen LogP contribution is 2.22. The van der Waals surface area contributed by atoms with Crippen molar-refractivity contribution < 1.29 is 18.7 Å². The van der Waals surface area contributed by atoms with Gasteiger partial charge in [0.25, 0.3) is 5.91 Å². The second kappa shape index (κ2) is 9.48. The van der Waals surface area contributed by atoms with Crippen LogP contribution in [-0.2, 0) is 9.47 Å². The molecule has 0 unspecified atom stereocenters. The molecule has 3 heterocycles. The summed E-state index contributed by atoms with van der Waals surface area (Å²) in [5.41, 5.74) is 0.431. The maximum absolute atomic E-state index is 13.0. The molecule has 7 heteroatoms. The molecule has 1 aromatic rings. The third-order valence-electron chi connectivity index (χ3n) is 5.48. The van der Waals surface area contributed by atoms with E-state index in [1.807, 2.05) is 4.90 Å². The first-order valence-corrected chi connectivity index (χ1v) is 9.69. The van der Waals surface area contributed by atoms with Crippen molar-refractivity contribution in [3.63, 3.8) is 0 Å². The molecule has 0 saturated carbocycles. The Bertz CT molecular complexity index is 563. The molecular formula is C19H31N3O4. The van der Waals surface area contributed by atoms with E-state index in [1.165, 1.54) is 6.39 Å². The topological polar surface area (TPSA) is 68.0 Å². The zero-order valence-corrected chi connectivity index (χ0v) is 16.0. The highest BCUT2D eigenvalue weighted by atomic mass is 16.5. The molecule has 0 aliphatic carbocycles. The molecule has 2 saturated heterocycles. The van der Waals surface area contributed by atoms with Gasteiger partial charge < -0.3 is 23.7 Å². The summed E-state index contributed by atoms with van der Waals surface area (Å²) in [5, 5.41) is 0. The number of likely N-dealkylation sites (tertiary alicyclic amines) is 1. The van der Waals surface area contributed by atoms with Crippen LogP contribution in [0.4, 0.5) is 0 Å². The Balaban J connectivity index is 1.59. The molecule has 2 fully saturated rings. The molecule has 0 N–H and O–H groups in total. The van der Waals surface area contributed by atoms with E-state index in [2.05, 4.69) is 9.88 Å². The van der Waals surface area contributed by atoms with Gasteiger partial charge in [0, 0.05) is 33.4 Å². The van der Waals surface area contributed by atoms with Crippen LogP contribution in [0, 0.1) is 12.8 Å². The summed E-state index contributed by atoms with van der Waals surface area (Å²) in [7, 11) is 1.74. The van der Waals surface area contributed by atoms with Crippen molar-refractivity contribution in [2.75, 3.05) is 53.0 Å². The molecule has 146 valence electrons. The van der Waals surface area contributed by atoms with E-state index in [1.54, 1.807) is 14.0 Å². The number of ether oxygens (including phenoxy) is 2. The van der Waals surface area contributed by atoms with Gasteiger partial charge in [-0.05, 0) is 51.6 Å². The van der Waals surface area contributed by atoms with Crippen LogP contribution in [0.15, 0.2) is 10.8 Å². The van der Waals surface area contributed by atoms with Gasteiger partial charge in [0.15, 0.2) is 12.1 Å². The molecule has 1 amide bonds. The molecule has 26 heavy (non-hydrogen) atoms. The van der Waals surface area contributed by atoms with Gasteiger partial charge in [-0.15, -0.1) is 0 Å². The first-order chi connectivity index (χ1) is 12.7. The monoisotopic (exact) mass is 365 g/mol. The molecule has 0 spiro atoms. The molecule has 0 bridgehead atoms. The van der Waals surface area contributed by atoms with Crippen LogP contribution in [0.1, 0.15) is 41.9 Å².